The van der Waals surface area contributed by atoms with E-state index in [1.807, 2.05) is 43.3 Å². The molecular formula is C21H24N6O3. The van der Waals surface area contributed by atoms with Crippen molar-refractivity contribution in [2.75, 3.05) is 6.61 Å². The molecule has 9 nitrogen and oxygen atoms in total. The van der Waals surface area contributed by atoms with E-state index in [0.29, 0.717) is 24.5 Å². The highest BCUT2D eigenvalue weighted by molar-refractivity contribution is 5.95. The van der Waals surface area contributed by atoms with Crippen LogP contribution in [0, 0.1) is 13.8 Å². The first-order valence-electron chi connectivity index (χ1n) is 9.98. The van der Waals surface area contributed by atoms with Gasteiger partial charge in [0.1, 0.15) is 5.56 Å². The third kappa shape index (κ3) is 4.02. The van der Waals surface area contributed by atoms with Crippen LogP contribution in [0.15, 0.2) is 41.2 Å². The molecule has 9 heteroatoms. The molecule has 30 heavy (non-hydrogen) atoms. The molecule has 0 unspecified atom stereocenters. The molecule has 1 aliphatic rings. The van der Waals surface area contributed by atoms with E-state index in [2.05, 4.69) is 20.8 Å². The van der Waals surface area contributed by atoms with Crippen molar-refractivity contribution >= 4 is 5.91 Å². The lowest BCUT2D eigenvalue weighted by molar-refractivity contribution is 0.0925. The summed E-state index contributed by atoms with van der Waals surface area (Å²) in [6, 6.07) is 11.3. The Kier molecular flexibility index (Phi) is 5.71. The van der Waals surface area contributed by atoms with Crippen molar-refractivity contribution in [1.29, 1.82) is 0 Å². The van der Waals surface area contributed by atoms with Gasteiger partial charge in [0.2, 0.25) is 0 Å². The maximum Gasteiger partial charge on any atom is 0.263 e. The molecule has 1 saturated heterocycles. The van der Waals surface area contributed by atoms with Crippen molar-refractivity contribution in [2.45, 2.75) is 45.9 Å². The van der Waals surface area contributed by atoms with Crippen LogP contribution in [0.2, 0.25) is 0 Å². The molecule has 1 amide bonds. The van der Waals surface area contributed by atoms with Gasteiger partial charge in [0.25, 0.3) is 11.5 Å². The Labute approximate surface area is 173 Å². The third-order valence-corrected chi connectivity index (χ3v) is 5.28. The van der Waals surface area contributed by atoms with Gasteiger partial charge < -0.3 is 14.6 Å². The minimum absolute atomic E-state index is 0.00974. The van der Waals surface area contributed by atoms with Crippen LogP contribution in [0.5, 0.6) is 0 Å². The molecule has 1 aromatic carbocycles. The number of aryl methyl sites for hydroxylation is 2. The number of nitrogens with one attached hydrogen (secondary N) is 1. The van der Waals surface area contributed by atoms with Crippen LogP contribution in [0.3, 0.4) is 0 Å². The van der Waals surface area contributed by atoms with Gasteiger partial charge in [-0.3, -0.25) is 9.59 Å². The number of amides is 1. The van der Waals surface area contributed by atoms with Gasteiger partial charge in [-0.15, -0.1) is 5.10 Å². The first kappa shape index (κ1) is 20.0. The lowest BCUT2D eigenvalue weighted by Crippen LogP contribution is -2.37. The van der Waals surface area contributed by atoms with Gasteiger partial charge in [-0.2, -0.15) is 4.68 Å². The zero-order valence-electron chi connectivity index (χ0n) is 17.0. The second-order valence-electron chi connectivity index (χ2n) is 7.42. The number of nitrogens with zero attached hydrogens (tertiary/aromatic N) is 5. The topological polar surface area (TPSA) is 104 Å². The molecule has 1 fully saturated rings. The molecule has 2 aromatic heterocycles. The Morgan fingerprint density at radius 3 is 2.80 bits per heavy atom. The van der Waals surface area contributed by atoms with Gasteiger partial charge >= 0.3 is 0 Å². The van der Waals surface area contributed by atoms with Crippen molar-refractivity contribution in [3.8, 4) is 5.69 Å². The summed E-state index contributed by atoms with van der Waals surface area (Å²) in [5.41, 5.74) is 2.08. The summed E-state index contributed by atoms with van der Waals surface area (Å²) in [6.07, 6.45) is 1.92. The minimum Gasteiger partial charge on any atom is -0.376 e. The van der Waals surface area contributed by atoms with Crippen molar-refractivity contribution in [3.63, 3.8) is 0 Å². The summed E-state index contributed by atoms with van der Waals surface area (Å²) in [6.45, 7) is 4.91. The number of ether oxygens (including phenoxy) is 1. The summed E-state index contributed by atoms with van der Waals surface area (Å²) in [5, 5.41) is 14.5. The maximum absolute atomic E-state index is 13.1. The van der Waals surface area contributed by atoms with Crippen LogP contribution in [0.1, 0.15) is 40.3 Å². The second kappa shape index (κ2) is 8.58. The van der Waals surface area contributed by atoms with Crippen molar-refractivity contribution < 1.29 is 9.53 Å². The standard InChI is InChI=1S/C21H24N6O3/c1-14-11-15(2)26(13-17-9-6-10-30-17)21(29)19(14)20(28)22-12-18-23-24-25-27(18)16-7-4-3-5-8-16/h3-5,7-8,11,17H,6,9-10,12-13H2,1-2H3,(H,22,28)/t17-/m0/s1. The number of para-hydroxylation sites is 1. The van der Waals surface area contributed by atoms with Crippen molar-refractivity contribution in [3.05, 3.63) is 69.4 Å². The van der Waals surface area contributed by atoms with E-state index >= 15 is 0 Å². The van der Waals surface area contributed by atoms with Crippen LogP contribution < -0.4 is 10.9 Å². The number of rotatable bonds is 6. The molecule has 0 saturated carbocycles. The number of aromatic nitrogens is 5. The summed E-state index contributed by atoms with van der Waals surface area (Å²) >= 11 is 0. The fourth-order valence-electron chi connectivity index (χ4n) is 3.76. The average Bonchev–Trinajstić information content (AvgIpc) is 3.42. The van der Waals surface area contributed by atoms with E-state index in [1.165, 1.54) is 0 Å². The lowest BCUT2D eigenvalue weighted by Gasteiger charge is -2.17. The Bertz CT molecular complexity index is 1100. The lowest BCUT2D eigenvalue weighted by atomic mass is 10.1. The fourth-order valence-corrected chi connectivity index (χ4v) is 3.76. The molecule has 3 heterocycles. The van der Waals surface area contributed by atoms with Crippen molar-refractivity contribution in [2.24, 2.45) is 0 Å². The number of carbonyl (C=O) groups excluding carboxylic acids is 1. The molecule has 0 spiro atoms. The Morgan fingerprint density at radius 1 is 1.27 bits per heavy atom. The smallest absolute Gasteiger partial charge is 0.263 e. The quantitative estimate of drug-likeness (QED) is 0.664. The number of benzene rings is 1. The largest absolute Gasteiger partial charge is 0.376 e. The molecule has 4 rings (SSSR count). The zero-order valence-corrected chi connectivity index (χ0v) is 17.0. The maximum atomic E-state index is 13.1. The summed E-state index contributed by atoms with van der Waals surface area (Å²) in [7, 11) is 0. The number of tetrazole rings is 1. The molecule has 156 valence electrons. The van der Waals surface area contributed by atoms with E-state index in [4.69, 9.17) is 4.74 Å². The number of carbonyl (C=O) groups is 1. The molecule has 0 radical (unpaired) electrons. The van der Waals surface area contributed by atoms with Crippen LogP contribution in [-0.4, -0.2) is 43.4 Å². The van der Waals surface area contributed by atoms with Gasteiger partial charge in [-0.25, -0.2) is 0 Å². The van der Waals surface area contributed by atoms with E-state index in [0.717, 1.165) is 24.2 Å². The Hall–Kier alpha value is -3.33. The minimum atomic E-state index is -0.443. The normalized spacial score (nSPS) is 16.0. The number of hydrogen-bond acceptors (Lipinski definition) is 6. The highest BCUT2D eigenvalue weighted by atomic mass is 16.5. The predicted molar refractivity (Wildman–Crippen MR) is 109 cm³/mol. The first-order valence-corrected chi connectivity index (χ1v) is 9.98. The molecule has 1 N–H and O–H groups in total. The highest BCUT2D eigenvalue weighted by Crippen LogP contribution is 2.15. The van der Waals surface area contributed by atoms with Gasteiger partial charge in [-0.1, -0.05) is 18.2 Å². The second-order valence-corrected chi connectivity index (χ2v) is 7.42. The molecule has 0 aliphatic carbocycles. The van der Waals surface area contributed by atoms with Crippen LogP contribution in [0.25, 0.3) is 5.69 Å². The van der Waals surface area contributed by atoms with Crippen molar-refractivity contribution in [1.82, 2.24) is 30.1 Å². The van der Waals surface area contributed by atoms with Crippen LogP contribution >= 0.6 is 0 Å². The molecule has 0 bridgehead atoms. The van der Waals surface area contributed by atoms with Gasteiger partial charge in [-0.05, 0) is 60.9 Å². The van der Waals surface area contributed by atoms with Gasteiger partial charge in [0, 0.05) is 12.3 Å². The highest BCUT2D eigenvalue weighted by Gasteiger charge is 2.22. The summed E-state index contributed by atoms with van der Waals surface area (Å²) in [5.74, 6) is 0.0280. The molecule has 1 atom stereocenters. The van der Waals surface area contributed by atoms with E-state index in [1.54, 1.807) is 16.2 Å². The Morgan fingerprint density at radius 2 is 2.07 bits per heavy atom. The number of pyridine rings is 1. The molecular weight excluding hydrogens is 384 g/mol. The van der Waals surface area contributed by atoms with Gasteiger partial charge in [0.05, 0.1) is 24.9 Å². The SMILES string of the molecule is Cc1cc(C)n(C[C@@H]2CCCO2)c(=O)c1C(=O)NCc1nnnn1-c1ccccc1. The van der Waals surface area contributed by atoms with Crippen LogP contribution in [0.4, 0.5) is 0 Å². The van der Waals surface area contributed by atoms with Gasteiger partial charge in [0.15, 0.2) is 5.82 Å². The summed E-state index contributed by atoms with van der Waals surface area (Å²) < 4.78 is 8.85. The number of hydrogen-bond donors (Lipinski definition) is 1. The zero-order chi connectivity index (χ0) is 21.1. The Balaban J connectivity index is 1.54. The average molecular weight is 408 g/mol. The van der Waals surface area contributed by atoms with E-state index in [9.17, 15) is 9.59 Å². The third-order valence-electron chi connectivity index (χ3n) is 5.28. The monoisotopic (exact) mass is 408 g/mol. The summed E-state index contributed by atoms with van der Waals surface area (Å²) in [4.78, 5) is 26.0. The molecule has 1 aliphatic heterocycles. The fraction of sp³-hybridized carbons (Fsp3) is 0.381. The predicted octanol–water partition coefficient (Wildman–Crippen LogP) is 1.55. The first-order chi connectivity index (χ1) is 14.5. The van der Waals surface area contributed by atoms with E-state index < -0.39 is 5.91 Å². The molecule has 3 aromatic rings. The van der Waals surface area contributed by atoms with E-state index in [-0.39, 0.29) is 23.8 Å². The van der Waals surface area contributed by atoms with Crippen LogP contribution in [-0.2, 0) is 17.8 Å².